The van der Waals surface area contributed by atoms with E-state index in [0.29, 0.717) is 24.6 Å². The van der Waals surface area contributed by atoms with Crippen molar-refractivity contribution in [1.29, 1.82) is 0 Å². The van der Waals surface area contributed by atoms with Crippen LogP contribution in [0, 0.1) is 0 Å². The van der Waals surface area contributed by atoms with Crippen molar-refractivity contribution in [2.24, 2.45) is 0 Å². The Morgan fingerprint density at radius 2 is 1.76 bits per heavy atom. The third-order valence-corrected chi connectivity index (χ3v) is 4.85. The van der Waals surface area contributed by atoms with Gasteiger partial charge in [-0.3, -0.25) is 4.79 Å². The zero-order valence-electron chi connectivity index (χ0n) is 14.4. The minimum Gasteiger partial charge on any atom is -0.495 e. The first-order chi connectivity index (χ1) is 12.3. The number of nitrogens with zero attached hydrogens (tertiary/aromatic N) is 4. The number of rotatable bonds is 4. The molecule has 0 spiro atoms. The molecule has 1 aliphatic carbocycles. The topological polar surface area (TPSA) is 58.6 Å². The zero-order chi connectivity index (χ0) is 17.2. The van der Waals surface area contributed by atoms with Crippen LogP contribution in [0.5, 0.6) is 5.75 Å². The summed E-state index contributed by atoms with van der Waals surface area (Å²) in [6, 6.07) is 7.99. The first kappa shape index (κ1) is 15.9. The van der Waals surface area contributed by atoms with E-state index < -0.39 is 0 Å². The molecule has 1 saturated carbocycles. The molecule has 0 atom stereocenters. The van der Waals surface area contributed by atoms with Crippen molar-refractivity contribution >= 4 is 11.6 Å². The van der Waals surface area contributed by atoms with Crippen LogP contribution in [0.15, 0.2) is 36.7 Å². The summed E-state index contributed by atoms with van der Waals surface area (Å²) in [5.74, 6) is 2.26. The van der Waals surface area contributed by atoms with E-state index in [1.54, 1.807) is 19.5 Å². The van der Waals surface area contributed by atoms with Gasteiger partial charge in [-0.25, -0.2) is 9.97 Å². The molecule has 2 aromatic rings. The van der Waals surface area contributed by atoms with Crippen molar-refractivity contribution in [2.75, 3.05) is 38.2 Å². The number of aromatic nitrogens is 2. The summed E-state index contributed by atoms with van der Waals surface area (Å²) in [7, 11) is 1.68. The number of methoxy groups -OCH3 is 1. The predicted molar refractivity (Wildman–Crippen MR) is 95.1 cm³/mol. The standard InChI is InChI=1S/C19H22N4O2/c1-25-17-5-3-2-4-16(17)22-8-10-23(11-9-22)19(24)15-12-20-18(21-13-15)14-6-7-14/h2-5,12-14H,6-11H2,1H3. The van der Waals surface area contributed by atoms with Crippen LogP contribution < -0.4 is 9.64 Å². The van der Waals surface area contributed by atoms with Crippen molar-refractivity contribution in [3.63, 3.8) is 0 Å². The van der Waals surface area contributed by atoms with Gasteiger partial charge in [-0.05, 0) is 25.0 Å². The second kappa shape index (κ2) is 6.70. The summed E-state index contributed by atoms with van der Waals surface area (Å²) >= 11 is 0. The average Bonchev–Trinajstić information content (AvgIpc) is 3.53. The molecule has 2 heterocycles. The Morgan fingerprint density at radius 3 is 2.40 bits per heavy atom. The monoisotopic (exact) mass is 338 g/mol. The van der Waals surface area contributed by atoms with Gasteiger partial charge < -0.3 is 14.5 Å². The van der Waals surface area contributed by atoms with E-state index in [4.69, 9.17) is 4.74 Å². The molecule has 1 aromatic carbocycles. The fourth-order valence-corrected chi connectivity index (χ4v) is 3.22. The lowest BCUT2D eigenvalue weighted by Gasteiger charge is -2.36. The third kappa shape index (κ3) is 3.29. The van der Waals surface area contributed by atoms with Gasteiger partial charge in [0.1, 0.15) is 11.6 Å². The SMILES string of the molecule is COc1ccccc1N1CCN(C(=O)c2cnc(C3CC3)nc2)CC1. The first-order valence-electron chi connectivity index (χ1n) is 8.75. The van der Waals surface area contributed by atoms with Crippen molar-refractivity contribution in [3.05, 3.63) is 48.0 Å². The molecule has 4 rings (SSSR count). The number of hydrogen-bond donors (Lipinski definition) is 0. The maximum Gasteiger partial charge on any atom is 0.257 e. The summed E-state index contributed by atoms with van der Waals surface area (Å²) in [6.07, 6.45) is 5.68. The van der Waals surface area contributed by atoms with Crippen LogP contribution in [0.4, 0.5) is 5.69 Å². The van der Waals surface area contributed by atoms with E-state index in [0.717, 1.165) is 43.2 Å². The van der Waals surface area contributed by atoms with Gasteiger partial charge in [-0.2, -0.15) is 0 Å². The Labute approximate surface area is 147 Å². The van der Waals surface area contributed by atoms with Crippen molar-refractivity contribution < 1.29 is 9.53 Å². The van der Waals surface area contributed by atoms with Crippen LogP contribution in [-0.2, 0) is 0 Å². The highest BCUT2D eigenvalue weighted by Crippen LogP contribution is 2.37. The van der Waals surface area contributed by atoms with Crippen LogP contribution in [0.2, 0.25) is 0 Å². The van der Waals surface area contributed by atoms with Crippen molar-refractivity contribution in [1.82, 2.24) is 14.9 Å². The lowest BCUT2D eigenvalue weighted by Crippen LogP contribution is -2.48. The number of piperazine rings is 1. The molecule has 0 unspecified atom stereocenters. The minimum absolute atomic E-state index is 0.0158. The van der Waals surface area contributed by atoms with Crippen LogP contribution in [0.25, 0.3) is 0 Å². The molecule has 1 saturated heterocycles. The van der Waals surface area contributed by atoms with Crippen LogP contribution in [0.3, 0.4) is 0 Å². The van der Waals surface area contributed by atoms with E-state index in [-0.39, 0.29) is 5.91 Å². The molecule has 130 valence electrons. The number of benzene rings is 1. The molecule has 2 fully saturated rings. The second-order valence-corrected chi connectivity index (χ2v) is 6.56. The Balaban J connectivity index is 1.40. The quantitative estimate of drug-likeness (QED) is 0.856. The third-order valence-electron chi connectivity index (χ3n) is 4.85. The second-order valence-electron chi connectivity index (χ2n) is 6.56. The van der Waals surface area contributed by atoms with E-state index in [1.807, 2.05) is 23.1 Å². The Morgan fingerprint density at radius 1 is 1.08 bits per heavy atom. The Kier molecular flexibility index (Phi) is 4.26. The summed E-state index contributed by atoms with van der Waals surface area (Å²) in [4.78, 5) is 25.5. The van der Waals surface area contributed by atoms with Gasteiger partial charge in [0.05, 0.1) is 18.4 Å². The Bertz CT molecular complexity index is 750. The number of ether oxygens (including phenoxy) is 1. The molecule has 0 bridgehead atoms. The fourth-order valence-electron chi connectivity index (χ4n) is 3.22. The lowest BCUT2D eigenvalue weighted by atomic mass is 10.2. The van der Waals surface area contributed by atoms with Gasteiger partial charge in [0.15, 0.2) is 0 Å². The summed E-state index contributed by atoms with van der Waals surface area (Å²) in [5, 5.41) is 0. The van der Waals surface area contributed by atoms with Crippen LogP contribution in [0.1, 0.15) is 34.9 Å². The zero-order valence-corrected chi connectivity index (χ0v) is 14.4. The maximum atomic E-state index is 12.7. The molecule has 2 aliphatic rings. The molecule has 6 nitrogen and oxygen atoms in total. The smallest absolute Gasteiger partial charge is 0.257 e. The van der Waals surface area contributed by atoms with Gasteiger partial charge >= 0.3 is 0 Å². The van der Waals surface area contributed by atoms with Gasteiger partial charge in [0.2, 0.25) is 0 Å². The summed E-state index contributed by atoms with van der Waals surface area (Å²) < 4.78 is 5.44. The molecule has 6 heteroatoms. The molecule has 1 aromatic heterocycles. The highest BCUT2D eigenvalue weighted by Gasteiger charge is 2.27. The van der Waals surface area contributed by atoms with Crippen LogP contribution in [-0.4, -0.2) is 54.1 Å². The van der Waals surface area contributed by atoms with Gasteiger partial charge in [-0.1, -0.05) is 12.1 Å². The Hall–Kier alpha value is -2.63. The molecule has 25 heavy (non-hydrogen) atoms. The highest BCUT2D eigenvalue weighted by molar-refractivity contribution is 5.93. The molecule has 0 radical (unpaired) electrons. The fraction of sp³-hybridized carbons (Fsp3) is 0.421. The number of para-hydroxylation sites is 2. The molecular formula is C19H22N4O2. The van der Waals surface area contributed by atoms with Gasteiger partial charge in [-0.15, -0.1) is 0 Å². The molecular weight excluding hydrogens is 316 g/mol. The van der Waals surface area contributed by atoms with E-state index in [9.17, 15) is 4.79 Å². The number of carbonyl (C=O) groups is 1. The van der Waals surface area contributed by atoms with Gasteiger partial charge in [0, 0.05) is 44.5 Å². The van der Waals surface area contributed by atoms with Gasteiger partial charge in [0.25, 0.3) is 5.91 Å². The summed E-state index contributed by atoms with van der Waals surface area (Å²) in [6.45, 7) is 2.93. The molecule has 1 aliphatic heterocycles. The number of amides is 1. The first-order valence-corrected chi connectivity index (χ1v) is 8.75. The van der Waals surface area contributed by atoms with E-state index in [2.05, 4.69) is 20.9 Å². The number of carbonyl (C=O) groups excluding carboxylic acids is 1. The average molecular weight is 338 g/mol. The van der Waals surface area contributed by atoms with E-state index in [1.165, 1.54) is 0 Å². The molecule has 1 amide bonds. The largest absolute Gasteiger partial charge is 0.495 e. The number of hydrogen-bond acceptors (Lipinski definition) is 5. The minimum atomic E-state index is 0.0158. The maximum absolute atomic E-state index is 12.7. The summed E-state index contributed by atoms with van der Waals surface area (Å²) in [5.41, 5.74) is 1.66. The van der Waals surface area contributed by atoms with E-state index >= 15 is 0 Å². The van der Waals surface area contributed by atoms with Crippen molar-refractivity contribution in [2.45, 2.75) is 18.8 Å². The highest BCUT2D eigenvalue weighted by atomic mass is 16.5. The lowest BCUT2D eigenvalue weighted by molar-refractivity contribution is 0.0745. The molecule has 0 N–H and O–H groups in total. The number of anilines is 1. The normalized spacial score (nSPS) is 17.5. The predicted octanol–water partition coefficient (Wildman–Crippen LogP) is 2.33. The van der Waals surface area contributed by atoms with Crippen LogP contribution >= 0.6 is 0 Å². The van der Waals surface area contributed by atoms with Crippen molar-refractivity contribution in [3.8, 4) is 5.75 Å².